The lowest BCUT2D eigenvalue weighted by Gasteiger charge is -2.04. The van der Waals surface area contributed by atoms with Gasteiger partial charge in [0.2, 0.25) is 0 Å². The molecule has 1 rings (SSSR count). The second kappa shape index (κ2) is 8.40. The Morgan fingerprint density at radius 2 is 1.94 bits per heavy atom. The number of aromatic carboxylic acids is 1. The van der Waals surface area contributed by atoms with Crippen LogP contribution in [-0.2, 0) is 0 Å². The summed E-state index contributed by atoms with van der Waals surface area (Å²) in [5.41, 5.74) is 0.155. The maximum atomic E-state index is 10.9. The summed E-state index contributed by atoms with van der Waals surface area (Å²) in [6.45, 7) is 0.256. The van der Waals surface area contributed by atoms with Gasteiger partial charge in [-0.15, -0.1) is 11.8 Å². The van der Waals surface area contributed by atoms with Crippen molar-refractivity contribution in [3.63, 3.8) is 0 Å². The highest BCUT2D eigenvalue weighted by molar-refractivity contribution is 7.99. The number of unbranched alkanes of at least 4 members (excludes halogenated alkanes) is 3. The average Bonchev–Trinajstić information content (AvgIpc) is 2.35. The minimum Gasteiger partial charge on any atom is -0.478 e. The third kappa shape index (κ3) is 5.29. The lowest BCUT2D eigenvalue weighted by Crippen LogP contribution is -1.97. The number of carboxylic acid groups (broad SMARTS) is 1. The molecule has 0 aliphatic rings. The number of thioether (sulfide) groups is 1. The van der Waals surface area contributed by atoms with E-state index in [-0.39, 0.29) is 17.2 Å². The summed E-state index contributed by atoms with van der Waals surface area (Å²) in [7, 11) is 0. The van der Waals surface area contributed by atoms with Crippen molar-refractivity contribution in [3.05, 3.63) is 28.8 Å². The van der Waals surface area contributed by atoms with Gasteiger partial charge in [0.1, 0.15) is 0 Å². The molecular weight excluding hydrogens is 272 g/mol. The Labute approximate surface area is 116 Å². The Morgan fingerprint density at radius 1 is 1.22 bits per heavy atom. The number of hydrogen-bond donors (Lipinski definition) is 2. The highest BCUT2D eigenvalue weighted by atomic mass is 35.5. The molecule has 100 valence electrons. The van der Waals surface area contributed by atoms with Crippen LogP contribution in [0.25, 0.3) is 0 Å². The van der Waals surface area contributed by atoms with E-state index < -0.39 is 5.97 Å². The summed E-state index contributed by atoms with van der Waals surface area (Å²) < 4.78 is 0. The van der Waals surface area contributed by atoms with Gasteiger partial charge in [0.05, 0.1) is 10.6 Å². The maximum Gasteiger partial charge on any atom is 0.337 e. The first kappa shape index (κ1) is 15.3. The fourth-order valence-corrected chi connectivity index (χ4v) is 2.66. The number of carboxylic acids is 1. The van der Waals surface area contributed by atoms with Crippen molar-refractivity contribution in [2.75, 3.05) is 12.4 Å². The smallest absolute Gasteiger partial charge is 0.337 e. The van der Waals surface area contributed by atoms with Crippen LogP contribution in [0.2, 0.25) is 5.02 Å². The molecule has 0 aliphatic heterocycles. The van der Waals surface area contributed by atoms with E-state index in [0.717, 1.165) is 36.3 Å². The number of hydrogen-bond acceptors (Lipinski definition) is 3. The second-order valence-electron chi connectivity index (χ2n) is 3.93. The zero-order valence-electron chi connectivity index (χ0n) is 10.1. The van der Waals surface area contributed by atoms with Crippen molar-refractivity contribution in [3.8, 4) is 0 Å². The molecule has 0 fully saturated rings. The molecule has 3 nitrogen and oxygen atoms in total. The Balaban J connectivity index is 2.38. The number of aliphatic hydroxyl groups excluding tert-OH is 1. The van der Waals surface area contributed by atoms with Crippen molar-refractivity contribution < 1.29 is 15.0 Å². The third-order valence-corrected chi connectivity index (χ3v) is 3.90. The average molecular weight is 289 g/mol. The lowest BCUT2D eigenvalue weighted by atomic mass is 10.2. The predicted molar refractivity (Wildman–Crippen MR) is 74.7 cm³/mol. The van der Waals surface area contributed by atoms with E-state index in [1.54, 1.807) is 23.9 Å². The fraction of sp³-hybridized carbons (Fsp3) is 0.462. The van der Waals surface area contributed by atoms with Crippen molar-refractivity contribution in [1.29, 1.82) is 0 Å². The van der Waals surface area contributed by atoms with E-state index in [0.29, 0.717) is 0 Å². The van der Waals surface area contributed by atoms with Crippen LogP contribution in [0.4, 0.5) is 0 Å². The van der Waals surface area contributed by atoms with Crippen LogP contribution in [0.1, 0.15) is 36.0 Å². The summed E-state index contributed by atoms with van der Waals surface area (Å²) in [6.07, 6.45) is 4.05. The van der Waals surface area contributed by atoms with Gasteiger partial charge in [-0.05, 0) is 36.8 Å². The highest BCUT2D eigenvalue weighted by Gasteiger charge is 2.09. The van der Waals surface area contributed by atoms with Crippen LogP contribution in [0, 0.1) is 0 Å². The van der Waals surface area contributed by atoms with Crippen LogP contribution in [-0.4, -0.2) is 28.5 Å². The lowest BCUT2D eigenvalue weighted by molar-refractivity contribution is 0.0697. The van der Waals surface area contributed by atoms with Crippen LogP contribution >= 0.6 is 23.4 Å². The maximum absolute atomic E-state index is 10.9. The summed E-state index contributed by atoms with van der Waals surface area (Å²) in [5, 5.41) is 17.9. The van der Waals surface area contributed by atoms with E-state index in [2.05, 4.69) is 0 Å². The Morgan fingerprint density at radius 3 is 2.61 bits per heavy atom. The molecule has 1 aromatic carbocycles. The van der Waals surface area contributed by atoms with Crippen LogP contribution in [0.3, 0.4) is 0 Å². The van der Waals surface area contributed by atoms with Crippen LogP contribution in [0.15, 0.2) is 23.1 Å². The van der Waals surface area contributed by atoms with Gasteiger partial charge in [0, 0.05) is 11.5 Å². The molecule has 0 saturated heterocycles. The van der Waals surface area contributed by atoms with Gasteiger partial charge < -0.3 is 10.2 Å². The first-order valence-corrected chi connectivity index (χ1v) is 7.28. The topological polar surface area (TPSA) is 57.5 Å². The summed E-state index contributed by atoms with van der Waals surface area (Å²) >= 11 is 7.43. The monoisotopic (exact) mass is 288 g/mol. The molecule has 0 atom stereocenters. The Kier molecular flexibility index (Phi) is 7.16. The van der Waals surface area contributed by atoms with Crippen molar-refractivity contribution in [2.24, 2.45) is 0 Å². The normalized spacial score (nSPS) is 10.6. The zero-order chi connectivity index (χ0) is 13.4. The standard InChI is InChI=1S/C13H17ClO3S/c14-12-6-5-10(9-11(12)13(16)17)18-8-4-2-1-3-7-15/h5-6,9,15H,1-4,7-8H2,(H,16,17). The van der Waals surface area contributed by atoms with Gasteiger partial charge >= 0.3 is 5.97 Å². The Hall–Kier alpha value is -0.710. The van der Waals surface area contributed by atoms with Gasteiger partial charge in [-0.3, -0.25) is 0 Å². The second-order valence-corrected chi connectivity index (χ2v) is 5.51. The van der Waals surface area contributed by atoms with Gasteiger partial charge in [0.15, 0.2) is 0 Å². The van der Waals surface area contributed by atoms with Crippen molar-refractivity contribution >= 4 is 29.3 Å². The predicted octanol–water partition coefficient (Wildman–Crippen LogP) is 3.68. The van der Waals surface area contributed by atoms with E-state index in [1.165, 1.54) is 0 Å². The third-order valence-electron chi connectivity index (χ3n) is 2.49. The molecule has 0 unspecified atom stereocenters. The molecule has 0 bridgehead atoms. The van der Waals surface area contributed by atoms with Gasteiger partial charge in [-0.1, -0.05) is 24.4 Å². The minimum atomic E-state index is -0.995. The SMILES string of the molecule is O=C(O)c1cc(SCCCCCCO)ccc1Cl. The van der Waals surface area contributed by atoms with E-state index in [1.807, 2.05) is 6.07 Å². The van der Waals surface area contributed by atoms with E-state index in [9.17, 15) is 4.79 Å². The van der Waals surface area contributed by atoms with E-state index >= 15 is 0 Å². The minimum absolute atomic E-state index is 0.155. The molecule has 0 radical (unpaired) electrons. The van der Waals surface area contributed by atoms with Gasteiger partial charge in [-0.2, -0.15) is 0 Å². The molecule has 0 heterocycles. The molecule has 0 saturated carbocycles. The number of aliphatic hydroxyl groups is 1. The van der Waals surface area contributed by atoms with Crippen LogP contribution in [0.5, 0.6) is 0 Å². The molecule has 18 heavy (non-hydrogen) atoms. The molecule has 1 aromatic rings. The molecule has 0 amide bonds. The highest BCUT2D eigenvalue weighted by Crippen LogP contribution is 2.25. The summed E-state index contributed by atoms with van der Waals surface area (Å²) in [4.78, 5) is 11.8. The largest absolute Gasteiger partial charge is 0.478 e. The van der Waals surface area contributed by atoms with Gasteiger partial charge in [0.25, 0.3) is 0 Å². The molecular formula is C13H17ClO3S. The summed E-state index contributed by atoms with van der Waals surface area (Å²) in [6, 6.07) is 5.08. The molecule has 5 heteroatoms. The van der Waals surface area contributed by atoms with Crippen LogP contribution < -0.4 is 0 Å². The van der Waals surface area contributed by atoms with Crippen molar-refractivity contribution in [2.45, 2.75) is 30.6 Å². The fourth-order valence-electron chi connectivity index (χ4n) is 1.52. The molecule has 0 aromatic heterocycles. The number of rotatable bonds is 8. The molecule has 0 spiro atoms. The van der Waals surface area contributed by atoms with Crippen molar-refractivity contribution in [1.82, 2.24) is 0 Å². The zero-order valence-corrected chi connectivity index (χ0v) is 11.6. The Bertz CT molecular complexity index is 396. The van der Waals surface area contributed by atoms with E-state index in [4.69, 9.17) is 21.8 Å². The van der Waals surface area contributed by atoms with Gasteiger partial charge in [-0.25, -0.2) is 4.79 Å². The first-order valence-electron chi connectivity index (χ1n) is 5.91. The molecule has 2 N–H and O–H groups in total. The first-order chi connectivity index (χ1) is 8.65. The summed E-state index contributed by atoms with van der Waals surface area (Å²) in [5.74, 6) is -0.0445. The number of benzene rings is 1. The number of carbonyl (C=O) groups is 1. The molecule has 0 aliphatic carbocycles. The quantitative estimate of drug-likeness (QED) is 0.566. The number of halogens is 1.